The maximum absolute atomic E-state index is 13.2. The van der Waals surface area contributed by atoms with E-state index in [2.05, 4.69) is 5.32 Å². The minimum atomic E-state index is -1.41. The van der Waals surface area contributed by atoms with Crippen LogP contribution in [0.4, 0.5) is 8.78 Å². The molecular formula is C16H17F2NOS. The van der Waals surface area contributed by atoms with E-state index < -0.39 is 22.4 Å². The quantitative estimate of drug-likeness (QED) is 0.918. The molecule has 0 saturated heterocycles. The molecule has 0 bridgehead atoms. The first kappa shape index (κ1) is 15.8. The normalized spacial score (nSPS) is 13.9. The van der Waals surface area contributed by atoms with Crippen LogP contribution < -0.4 is 5.32 Å². The van der Waals surface area contributed by atoms with Gasteiger partial charge in [-0.15, -0.1) is 0 Å². The second kappa shape index (κ2) is 6.91. The van der Waals surface area contributed by atoms with Gasteiger partial charge in [-0.05, 0) is 37.7 Å². The van der Waals surface area contributed by atoms with Crippen LogP contribution in [0.1, 0.15) is 17.2 Å². The molecule has 5 heteroatoms. The third-order valence-electron chi connectivity index (χ3n) is 3.30. The van der Waals surface area contributed by atoms with Crippen LogP contribution in [0.2, 0.25) is 0 Å². The lowest BCUT2D eigenvalue weighted by molar-refractivity contribution is 0.505. The fourth-order valence-corrected chi connectivity index (χ4v) is 3.32. The summed E-state index contributed by atoms with van der Waals surface area (Å²) in [6.07, 6.45) is 0. The lowest BCUT2D eigenvalue weighted by atomic mass is 10.1. The predicted octanol–water partition coefficient (Wildman–Crippen LogP) is 3.34. The molecular weight excluding hydrogens is 292 g/mol. The summed E-state index contributed by atoms with van der Waals surface area (Å²) in [6, 6.07) is 11.2. The Kier molecular flexibility index (Phi) is 5.20. The molecule has 2 aromatic carbocycles. The Labute approximate surface area is 125 Å². The molecule has 0 radical (unpaired) electrons. The van der Waals surface area contributed by atoms with E-state index in [0.29, 0.717) is 10.6 Å². The molecule has 0 saturated carbocycles. The first-order chi connectivity index (χ1) is 10.0. The van der Waals surface area contributed by atoms with Crippen LogP contribution in [0.5, 0.6) is 0 Å². The summed E-state index contributed by atoms with van der Waals surface area (Å²) in [5.41, 5.74) is 2.16. The highest BCUT2D eigenvalue weighted by atomic mass is 32.2. The van der Waals surface area contributed by atoms with E-state index in [1.807, 2.05) is 31.2 Å². The molecule has 21 heavy (non-hydrogen) atoms. The minimum absolute atomic E-state index is 0.112. The molecule has 0 aliphatic heterocycles. The largest absolute Gasteiger partial charge is 0.312 e. The average molecular weight is 309 g/mol. The first-order valence-corrected chi connectivity index (χ1v) is 7.90. The maximum Gasteiger partial charge on any atom is 0.160 e. The summed E-state index contributed by atoms with van der Waals surface area (Å²) in [5, 5.41) is 3.10. The van der Waals surface area contributed by atoms with Gasteiger partial charge in [0.1, 0.15) is 0 Å². The van der Waals surface area contributed by atoms with Gasteiger partial charge in [-0.1, -0.05) is 29.8 Å². The van der Waals surface area contributed by atoms with Crippen molar-refractivity contribution in [3.63, 3.8) is 0 Å². The molecule has 112 valence electrons. The van der Waals surface area contributed by atoms with E-state index in [4.69, 9.17) is 0 Å². The highest BCUT2D eigenvalue weighted by Crippen LogP contribution is 2.19. The summed E-state index contributed by atoms with van der Waals surface area (Å²) in [7, 11) is 0.378. The van der Waals surface area contributed by atoms with Crippen molar-refractivity contribution in [1.82, 2.24) is 5.32 Å². The predicted molar refractivity (Wildman–Crippen MR) is 80.6 cm³/mol. The summed E-state index contributed by atoms with van der Waals surface area (Å²) in [5.74, 6) is -1.61. The van der Waals surface area contributed by atoms with Crippen molar-refractivity contribution in [3.8, 4) is 0 Å². The topological polar surface area (TPSA) is 29.1 Å². The molecule has 2 unspecified atom stereocenters. The van der Waals surface area contributed by atoms with E-state index in [0.717, 1.165) is 23.3 Å². The molecule has 1 N–H and O–H groups in total. The van der Waals surface area contributed by atoms with Gasteiger partial charge in [-0.3, -0.25) is 4.21 Å². The Bertz CT molecular complexity index is 643. The van der Waals surface area contributed by atoms with E-state index >= 15 is 0 Å². The second-order valence-electron chi connectivity index (χ2n) is 4.84. The number of nitrogens with one attached hydrogen (secondary N) is 1. The van der Waals surface area contributed by atoms with Crippen molar-refractivity contribution in [1.29, 1.82) is 0 Å². The summed E-state index contributed by atoms with van der Waals surface area (Å²) in [6.45, 7) is 2.00. The number of rotatable bonds is 5. The molecule has 0 amide bonds. The van der Waals surface area contributed by atoms with Crippen LogP contribution in [0.15, 0.2) is 47.4 Å². The van der Waals surface area contributed by atoms with Crippen LogP contribution >= 0.6 is 0 Å². The van der Waals surface area contributed by atoms with E-state index in [1.54, 1.807) is 7.05 Å². The van der Waals surface area contributed by atoms with E-state index in [9.17, 15) is 13.0 Å². The van der Waals surface area contributed by atoms with Gasteiger partial charge in [0.15, 0.2) is 11.6 Å². The molecule has 2 nitrogen and oxygen atoms in total. The van der Waals surface area contributed by atoms with Gasteiger partial charge in [0.25, 0.3) is 0 Å². The van der Waals surface area contributed by atoms with Crippen molar-refractivity contribution >= 4 is 10.8 Å². The lowest BCUT2D eigenvalue weighted by Crippen LogP contribution is -2.22. The van der Waals surface area contributed by atoms with Crippen molar-refractivity contribution in [3.05, 3.63) is 65.2 Å². The summed E-state index contributed by atoms with van der Waals surface area (Å²) < 4.78 is 38.4. The zero-order chi connectivity index (χ0) is 15.4. The Hall–Kier alpha value is -1.59. The van der Waals surface area contributed by atoms with Gasteiger partial charge in [0.05, 0.1) is 10.8 Å². The minimum Gasteiger partial charge on any atom is -0.312 e. The Morgan fingerprint density at radius 3 is 2.33 bits per heavy atom. The highest BCUT2D eigenvalue weighted by Gasteiger charge is 2.15. The fraction of sp³-hybridized carbons (Fsp3) is 0.250. The molecule has 0 heterocycles. The smallest absolute Gasteiger partial charge is 0.160 e. The monoisotopic (exact) mass is 309 g/mol. The average Bonchev–Trinajstić information content (AvgIpc) is 2.48. The summed E-state index contributed by atoms with van der Waals surface area (Å²) in [4.78, 5) is 0.293. The van der Waals surface area contributed by atoms with Crippen molar-refractivity contribution in [2.75, 3.05) is 12.8 Å². The third kappa shape index (κ3) is 3.95. The third-order valence-corrected chi connectivity index (χ3v) is 4.72. The number of halogens is 2. The maximum atomic E-state index is 13.2. The van der Waals surface area contributed by atoms with Crippen LogP contribution in [0.3, 0.4) is 0 Å². The van der Waals surface area contributed by atoms with Gasteiger partial charge in [-0.2, -0.15) is 0 Å². The van der Waals surface area contributed by atoms with Gasteiger partial charge >= 0.3 is 0 Å². The van der Waals surface area contributed by atoms with Crippen molar-refractivity contribution in [2.24, 2.45) is 0 Å². The van der Waals surface area contributed by atoms with Gasteiger partial charge in [0.2, 0.25) is 0 Å². The summed E-state index contributed by atoms with van der Waals surface area (Å²) >= 11 is 0. The van der Waals surface area contributed by atoms with Gasteiger partial charge < -0.3 is 5.32 Å². The zero-order valence-corrected chi connectivity index (χ0v) is 12.7. The standard InChI is InChI=1S/C16H17F2NOS/c1-11-3-5-12(6-4-11)16(19-2)10-21(20)13-7-8-14(17)15(18)9-13/h3-9,16,19H,10H2,1-2H3. The SMILES string of the molecule is CNC(CS(=O)c1ccc(F)c(F)c1)c1ccc(C)cc1. The molecule has 0 aliphatic rings. The van der Waals surface area contributed by atoms with Crippen LogP contribution in [-0.4, -0.2) is 17.0 Å². The molecule has 2 rings (SSSR count). The van der Waals surface area contributed by atoms with E-state index in [1.165, 1.54) is 6.07 Å². The lowest BCUT2D eigenvalue weighted by Gasteiger charge is -2.16. The van der Waals surface area contributed by atoms with Crippen LogP contribution in [0.25, 0.3) is 0 Å². The Morgan fingerprint density at radius 1 is 1.10 bits per heavy atom. The molecule has 0 aromatic heterocycles. The highest BCUT2D eigenvalue weighted by molar-refractivity contribution is 7.85. The molecule has 2 aromatic rings. The first-order valence-electron chi connectivity index (χ1n) is 6.58. The van der Waals surface area contributed by atoms with E-state index in [-0.39, 0.29) is 6.04 Å². The van der Waals surface area contributed by atoms with Gasteiger partial charge in [-0.25, -0.2) is 8.78 Å². The van der Waals surface area contributed by atoms with Crippen molar-refractivity contribution in [2.45, 2.75) is 17.9 Å². The Morgan fingerprint density at radius 2 is 1.76 bits per heavy atom. The number of hydrogen-bond acceptors (Lipinski definition) is 2. The number of benzene rings is 2. The van der Waals surface area contributed by atoms with Crippen LogP contribution in [0, 0.1) is 18.6 Å². The molecule has 0 spiro atoms. The molecule has 0 aliphatic carbocycles. The van der Waals surface area contributed by atoms with Crippen molar-refractivity contribution < 1.29 is 13.0 Å². The number of aryl methyl sites for hydroxylation is 1. The van der Waals surface area contributed by atoms with Gasteiger partial charge in [0, 0.05) is 16.7 Å². The zero-order valence-electron chi connectivity index (χ0n) is 11.9. The molecule has 0 fully saturated rings. The van der Waals surface area contributed by atoms with Crippen LogP contribution in [-0.2, 0) is 10.8 Å². The number of hydrogen-bond donors (Lipinski definition) is 1. The molecule has 2 atom stereocenters. The second-order valence-corrected chi connectivity index (χ2v) is 6.34. The Balaban J connectivity index is 2.15. The fourth-order valence-electron chi connectivity index (χ4n) is 2.01.